The molecule has 0 saturated heterocycles. The van der Waals surface area contributed by atoms with Gasteiger partial charge in [-0.3, -0.25) is 4.57 Å². The maximum absolute atomic E-state index is 12.7. The number of aliphatic hydroxyl groups is 1. The molecular weight excluding hydrogens is 278 g/mol. The van der Waals surface area contributed by atoms with E-state index < -0.39 is 19.3 Å². The summed E-state index contributed by atoms with van der Waals surface area (Å²) in [4.78, 5) is 17.3. The molecule has 78 valence electrons. The summed E-state index contributed by atoms with van der Waals surface area (Å²) in [6.45, 7) is 0. The molecule has 0 aliphatic carbocycles. The van der Waals surface area contributed by atoms with E-state index in [4.69, 9.17) is 14.9 Å². The molecule has 0 radical (unpaired) electrons. The van der Waals surface area contributed by atoms with Crippen molar-refractivity contribution in [1.82, 2.24) is 0 Å². The maximum atomic E-state index is 12.7. The van der Waals surface area contributed by atoms with Crippen LogP contribution in [0.25, 0.3) is 0 Å². The lowest BCUT2D eigenvalue weighted by atomic mass is 10.2. The van der Waals surface area contributed by atoms with Gasteiger partial charge < -0.3 is 14.9 Å². The van der Waals surface area contributed by atoms with Crippen molar-refractivity contribution in [2.75, 3.05) is 0 Å². The fraction of sp³-hybridized carbons (Fsp3) is 0.143. The van der Waals surface area contributed by atoms with Gasteiger partial charge in [0.2, 0.25) is 0 Å². The summed E-state index contributed by atoms with van der Waals surface area (Å²) in [6, 6.07) is 3.25. The quantitative estimate of drug-likeness (QED) is 0.723. The molecule has 0 bridgehead atoms. The van der Waals surface area contributed by atoms with Gasteiger partial charge in [0.15, 0.2) is 5.85 Å². The molecule has 4 nitrogen and oxygen atoms in total. The van der Waals surface area contributed by atoms with E-state index in [0.717, 1.165) is 18.2 Å². The molecule has 1 aromatic rings. The zero-order valence-corrected chi connectivity index (χ0v) is 9.24. The second-order valence-electron chi connectivity index (χ2n) is 2.64. The lowest BCUT2D eigenvalue weighted by molar-refractivity contribution is 0.205. The third kappa shape index (κ3) is 2.62. The molecule has 0 amide bonds. The molecule has 0 aliphatic rings. The van der Waals surface area contributed by atoms with Gasteiger partial charge in [-0.05, 0) is 33.6 Å². The molecule has 7 heteroatoms. The van der Waals surface area contributed by atoms with Crippen molar-refractivity contribution in [2.45, 2.75) is 5.85 Å². The molecule has 0 saturated carbocycles. The first-order valence-electron chi connectivity index (χ1n) is 3.50. The predicted molar refractivity (Wildman–Crippen MR) is 51.1 cm³/mol. The van der Waals surface area contributed by atoms with E-state index >= 15 is 0 Å². The lowest BCUT2D eigenvalue weighted by Gasteiger charge is -2.12. The van der Waals surface area contributed by atoms with Crippen LogP contribution in [0.15, 0.2) is 22.7 Å². The van der Waals surface area contributed by atoms with Crippen LogP contribution in [0.1, 0.15) is 11.4 Å². The minimum atomic E-state index is -4.60. The highest BCUT2D eigenvalue weighted by molar-refractivity contribution is 9.10. The first kappa shape index (κ1) is 11.8. The number of benzene rings is 1. The molecule has 1 atom stereocenters. The number of halogens is 2. The SMILES string of the molecule is O=P(O)(O)C(O)c1ccc(F)c(Br)c1. The maximum Gasteiger partial charge on any atom is 0.358 e. The topological polar surface area (TPSA) is 77.8 Å². The molecule has 14 heavy (non-hydrogen) atoms. The van der Waals surface area contributed by atoms with Crippen molar-refractivity contribution in [2.24, 2.45) is 0 Å². The van der Waals surface area contributed by atoms with Gasteiger partial charge in [0, 0.05) is 0 Å². The van der Waals surface area contributed by atoms with E-state index in [1.54, 1.807) is 0 Å². The fourth-order valence-electron chi connectivity index (χ4n) is 0.867. The second-order valence-corrected chi connectivity index (χ2v) is 5.16. The van der Waals surface area contributed by atoms with Gasteiger partial charge in [0.25, 0.3) is 0 Å². The summed E-state index contributed by atoms with van der Waals surface area (Å²) in [6.07, 6.45) is 0. The lowest BCUT2D eigenvalue weighted by Crippen LogP contribution is -1.98. The van der Waals surface area contributed by atoms with Crippen LogP contribution in [-0.2, 0) is 4.57 Å². The zero-order valence-electron chi connectivity index (χ0n) is 6.76. The Morgan fingerprint density at radius 1 is 1.43 bits per heavy atom. The molecule has 1 aromatic carbocycles. The summed E-state index contributed by atoms with van der Waals surface area (Å²) in [5, 5.41) is 9.17. The van der Waals surface area contributed by atoms with Crippen molar-refractivity contribution in [3.63, 3.8) is 0 Å². The normalized spacial score (nSPS) is 14.1. The van der Waals surface area contributed by atoms with Crippen LogP contribution in [0.2, 0.25) is 0 Å². The zero-order chi connectivity index (χ0) is 10.9. The standard InChI is InChI=1S/C7H7BrFO4P/c8-5-3-4(1-2-6(5)9)7(10)14(11,12)13/h1-3,7,10H,(H2,11,12,13). The molecule has 0 aromatic heterocycles. The Bertz CT molecular complexity index is 391. The average Bonchev–Trinajstić information content (AvgIpc) is 2.07. The van der Waals surface area contributed by atoms with Gasteiger partial charge >= 0.3 is 7.60 Å². The van der Waals surface area contributed by atoms with Crippen LogP contribution in [0.3, 0.4) is 0 Å². The van der Waals surface area contributed by atoms with E-state index in [0.29, 0.717) is 0 Å². The molecule has 3 N–H and O–H groups in total. The molecule has 0 spiro atoms. The molecule has 1 rings (SSSR count). The smallest absolute Gasteiger partial charge is 0.358 e. The van der Waals surface area contributed by atoms with Crippen LogP contribution >= 0.6 is 23.5 Å². The molecule has 0 fully saturated rings. The summed E-state index contributed by atoms with van der Waals surface area (Å²) >= 11 is 2.84. The summed E-state index contributed by atoms with van der Waals surface area (Å²) in [5.74, 6) is -2.48. The Labute approximate surface area is 87.7 Å². The van der Waals surface area contributed by atoms with Crippen molar-refractivity contribution >= 4 is 23.5 Å². The predicted octanol–water partition coefficient (Wildman–Crippen LogP) is 1.76. The van der Waals surface area contributed by atoms with Crippen LogP contribution in [-0.4, -0.2) is 14.9 Å². The number of rotatable bonds is 2. The summed E-state index contributed by atoms with van der Waals surface area (Å²) in [5.41, 5.74) is -0.0355. The van der Waals surface area contributed by atoms with Crippen molar-refractivity contribution < 1.29 is 23.8 Å². The van der Waals surface area contributed by atoms with Crippen LogP contribution < -0.4 is 0 Å². The van der Waals surface area contributed by atoms with E-state index in [-0.39, 0.29) is 10.0 Å². The van der Waals surface area contributed by atoms with Crippen molar-refractivity contribution in [3.05, 3.63) is 34.1 Å². The first-order chi connectivity index (χ1) is 6.32. The Morgan fingerprint density at radius 3 is 2.43 bits per heavy atom. The van der Waals surface area contributed by atoms with Crippen molar-refractivity contribution in [3.8, 4) is 0 Å². The van der Waals surface area contributed by atoms with Gasteiger partial charge in [0.1, 0.15) is 5.82 Å². The van der Waals surface area contributed by atoms with Crippen LogP contribution in [0, 0.1) is 5.82 Å². The monoisotopic (exact) mass is 284 g/mol. The van der Waals surface area contributed by atoms with E-state index in [1.165, 1.54) is 0 Å². The minimum Gasteiger partial charge on any atom is -0.376 e. The van der Waals surface area contributed by atoms with Gasteiger partial charge in [-0.2, -0.15) is 0 Å². The van der Waals surface area contributed by atoms with Gasteiger partial charge in [0.05, 0.1) is 4.47 Å². The molecule has 1 unspecified atom stereocenters. The third-order valence-electron chi connectivity index (χ3n) is 1.56. The van der Waals surface area contributed by atoms with Crippen LogP contribution in [0.4, 0.5) is 4.39 Å². The highest BCUT2D eigenvalue weighted by Gasteiger charge is 2.28. The van der Waals surface area contributed by atoms with Crippen molar-refractivity contribution in [1.29, 1.82) is 0 Å². The Morgan fingerprint density at radius 2 is 2.00 bits per heavy atom. The Hall–Kier alpha value is -0.260. The second kappa shape index (κ2) is 4.08. The highest BCUT2D eigenvalue weighted by Crippen LogP contribution is 2.50. The Balaban J connectivity index is 3.09. The average molecular weight is 285 g/mol. The summed E-state index contributed by atoms with van der Waals surface area (Å²) in [7, 11) is -4.60. The van der Waals surface area contributed by atoms with Gasteiger partial charge in [-0.1, -0.05) is 6.07 Å². The first-order valence-corrected chi connectivity index (χ1v) is 5.98. The van der Waals surface area contributed by atoms with Gasteiger partial charge in [-0.15, -0.1) is 0 Å². The Kier molecular flexibility index (Phi) is 3.44. The minimum absolute atomic E-state index is 0.0355. The number of aliphatic hydroxyl groups excluding tert-OH is 1. The number of hydrogen-bond donors (Lipinski definition) is 3. The summed E-state index contributed by atoms with van der Waals surface area (Å²) < 4.78 is 23.4. The highest BCUT2D eigenvalue weighted by atomic mass is 79.9. The van der Waals surface area contributed by atoms with E-state index in [2.05, 4.69) is 15.9 Å². The molecule has 0 aliphatic heterocycles. The molecular formula is C7H7BrFO4P. The van der Waals surface area contributed by atoms with E-state index in [9.17, 15) is 8.96 Å². The third-order valence-corrected chi connectivity index (χ3v) is 3.10. The fourth-order valence-corrected chi connectivity index (χ4v) is 1.81. The van der Waals surface area contributed by atoms with E-state index in [1.807, 2.05) is 0 Å². The van der Waals surface area contributed by atoms with Gasteiger partial charge in [-0.25, -0.2) is 4.39 Å². The van der Waals surface area contributed by atoms with Crippen LogP contribution in [0.5, 0.6) is 0 Å². The largest absolute Gasteiger partial charge is 0.376 e. The number of hydrogen-bond acceptors (Lipinski definition) is 2. The molecule has 0 heterocycles.